The van der Waals surface area contributed by atoms with Gasteiger partial charge in [-0.2, -0.15) is 12.6 Å². The Morgan fingerprint density at radius 3 is 2.93 bits per heavy atom. The van der Waals surface area contributed by atoms with Gasteiger partial charge in [0.1, 0.15) is 6.20 Å². The van der Waals surface area contributed by atoms with Gasteiger partial charge in [-0.05, 0) is 30.7 Å². The number of hydrogen-bond donors (Lipinski definition) is 1. The SMILES string of the molecule is Cc1cc([N+](=O)[O-])cnc1C=CCCS. The standard InChI is InChI=1S/C10H12N2O2S/c1-8-6-9(12(13)14)7-11-10(8)4-2-3-5-15/h2,4,6-7,15H,3,5H2,1H3. The van der Waals surface area contributed by atoms with Gasteiger partial charge < -0.3 is 0 Å². The van der Waals surface area contributed by atoms with Crippen LogP contribution in [0.4, 0.5) is 5.69 Å². The van der Waals surface area contributed by atoms with Crippen LogP contribution in [0.15, 0.2) is 18.3 Å². The van der Waals surface area contributed by atoms with Crippen LogP contribution < -0.4 is 0 Å². The number of allylic oxidation sites excluding steroid dienone is 1. The van der Waals surface area contributed by atoms with E-state index in [-0.39, 0.29) is 5.69 Å². The number of aromatic nitrogens is 1. The average molecular weight is 224 g/mol. The molecule has 0 atom stereocenters. The number of nitro groups is 1. The minimum absolute atomic E-state index is 0.0267. The Balaban J connectivity index is 2.88. The van der Waals surface area contributed by atoms with Gasteiger partial charge >= 0.3 is 0 Å². The molecular weight excluding hydrogens is 212 g/mol. The predicted octanol–water partition coefficient (Wildman–Crippen LogP) is 2.63. The first-order valence-electron chi connectivity index (χ1n) is 4.53. The Kier molecular flexibility index (Phi) is 4.30. The van der Waals surface area contributed by atoms with Crippen LogP contribution in [0.25, 0.3) is 6.08 Å². The normalized spacial score (nSPS) is 10.8. The summed E-state index contributed by atoms with van der Waals surface area (Å²) < 4.78 is 0. The van der Waals surface area contributed by atoms with E-state index in [2.05, 4.69) is 17.6 Å². The summed E-state index contributed by atoms with van der Waals surface area (Å²) in [5.74, 6) is 0.780. The topological polar surface area (TPSA) is 56.0 Å². The highest BCUT2D eigenvalue weighted by atomic mass is 32.1. The quantitative estimate of drug-likeness (QED) is 0.486. The van der Waals surface area contributed by atoms with Crippen LogP contribution in [0, 0.1) is 17.0 Å². The molecule has 1 heterocycles. The lowest BCUT2D eigenvalue weighted by Gasteiger charge is -1.98. The molecule has 0 amide bonds. The fraction of sp³-hybridized carbons (Fsp3) is 0.300. The van der Waals surface area contributed by atoms with Crippen molar-refractivity contribution in [2.45, 2.75) is 13.3 Å². The van der Waals surface area contributed by atoms with Crippen LogP contribution in [-0.2, 0) is 0 Å². The highest BCUT2D eigenvalue weighted by Gasteiger charge is 2.07. The Morgan fingerprint density at radius 1 is 1.67 bits per heavy atom. The fourth-order valence-electron chi connectivity index (χ4n) is 1.11. The summed E-state index contributed by atoms with van der Waals surface area (Å²) in [5.41, 5.74) is 1.60. The summed E-state index contributed by atoms with van der Waals surface area (Å²) in [5, 5.41) is 10.5. The third-order valence-electron chi connectivity index (χ3n) is 1.89. The van der Waals surface area contributed by atoms with Crippen LogP contribution in [-0.4, -0.2) is 15.7 Å². The molecule has 4 nitrogen and oxygen atoms in total. The van der Waals surface area contributed by atoms with Gasteiger partial charge in [-0.1, -0.05) is 6.08 Å². The van der Waals surface area contributed by atoms with Gasteiger partial charge in [0, 0.05) is 6.07 Å². The van der Waals surface area contributed by atoms with E-state index < -0.39 is 4.92 Å². The number of pyridine rings is 1. The van der Waals surface area contributed by atoms with E-state index in [0.29, 0.717) is 0 Å². The van der Waals surface area contributed by atoms with Gasteiger partial charge in [-0.15, -0.1) is 0 Å². The van der Waals surface area contributed by atoms with E-state index >= 15 is 0 Å². The van der Waals surface area contributed by atoms with Crippen LogP contribution in [0.3, 0.4) is 0 Å². The predicted molar refractivity (Wildman–Crippen MR) is 63.1 cm³/mol. The van der Waals surface area contributed by atoms with E-state index in [0.717, 1.165) is 23.4 Å². The lowest BCUT2D eigenvalue weighted by Crippen LogP contribution is -1.93. The molecule has 0 aromatic carbocycles. The maximum atomic E-state index is 10.5. The number of hydrogen-bond acceptors (Lipinski definition) is 4. The molecule has 0 spiro atoms. The molecule has 0 radical (unpaired) electrons. The summed E-state index contributed by atoms with van der Waals surface area (Å²) in [6.45, 7) is 1.81. The van der Waals surface area contributed by atoms with Crippen LogP contribution in [0.1, 0.15) is 17.7 Å². The van der Waals surface area contributed by atoms with Crippen molar-refractivity contribution >= 4 is 24.4 Å². The lowest BCUT2D eigenvalue weighted by atomic mass is 10.2. The molecule has 0 bridgehead atoms. The van der Waals surface area contributed by atoms with Gasteiger partial charge in [-0.3, -0.25) is 10.1 Å². The number of aryl methyl sites for hydroxylation is 1. The number of nitrogens with zero attached hydrogens (tertiary/aromatic N) is 2. The molecule has 0 aliphatic rings. The molecule has 0 fully saturated rings. The molecule has 0 N–H and O–H groups in total. The summed E-state index contributed by atoms with van der Waals surface area (Å²) in [6.07, 6.45) is 5.94. The zero-order valence-corrected chi connectivity index (χ0v) is 9.28. The molecule has 0 aliphatic carbocycles. The van der Waals surface area contributed by atoms with E-state index in [1.807, 2.05) is 12.2 Å². The monoisotopic (exact) mass is 224 g/mol. The van der Waals surface area contributed by atoms with Crippen molar-refractivity contribution < 1.29 is 4.92 Å². The second-order valence-corrected chi connectivity index (χ2v) is 3.51. The first-order chi connectivity index (χ1) is 7.15. The highest BCUT2D eigenvalue weighted by Crippen LogP contribution is 2.15. The maximum absolute atomic E-state index is 10.5. The van der Waals surface area contributed by atoms with E-state index in [1.165, 1.54) is 12.3 Å². The summed E-state index contributed by atoms with van der Waals surface area (Å²) in [7, 11) is 0. The van der Waals surface area contributed by atoms with E-state index in [9.17, 15) is 10.1 Å². The summed E-state index contributed by atoms with van der Waals surface area (Å²) >= 11 is 4.08. The Bertz CT molecular complexity index is 391. The Hall–Kier alpha value is -1.36. The molecule has 80 valence electrons. The molecule has 0 unspecified atom stereocenters. The first kappa shape index (κ1) is 11.7. The molecule has 1 aromatic rings. The first-order valence-corrected chi connectivity index (χ1v) is 5.17. The van der Waals surface area contributed by atoms with Gasteiger partial charge in [0.2, 0.25) is 0 Å². The van der Waals surface area contributed by atoms with Crippen LogP contribution in [0.5, 0.6) is 0 Å². The van der Waals surface area contributed by atoms with Crippen LogP contribution in [0.2, 0.25) is 0 Å². The molecule has 1 aromatic heterocycles. The average Bonchev–Trinajstić information content (AvgIpc) is 2.20. The third kappa shape index (κ3) is 3.36. The van der Waals surface area contributed by atoms with Crippen molar-refractivity contribution in [2.24, 2.45) is 0 Å². The highest BCUT2D eigenvalue weighted by molar-refractivity contribution is 7.80. The van der Waals surface area contributed by atoms with Crippen LogP contribution >= 0.6 is 12.6 Å². The lowest BCUT2D eigenvalue weighted by molar-refractivity contribution is -0.385. The minimum Gasteiger partial charge on any atom is -0.258 e. The Labute approximate surface area is 93.6 Å². The molecule has 0 aliphatic heterocycles. The second kappa shape index (κ2) is 5.50. The summed E-state index contributed by atoms with van der Waals surface area (Å²) in [4.78, 5) is 14.0. The van der Waals surface area contributed by atoms with Crippen molar-refractivity contribution in [3.05, 3.63) is 39.7 Å². The molecule has 0 saturated heterocycles. The van der Waals surface area contributed by atoms with Gasteiger partial charge in [0.05, 0.1) is 10.6 Å². The van der Waals surface area contributed by atoms with Gasteiger partial charge in [0.15, 0.2) is 0 Å². The van der Waals surface area contributed by atoms with E-state index in [4.69, 9.17) is 0 Å². The minimum atomic E-state index is -0.443. The van der Waals surface area contributed by atoms with Gasteiger partial charge in [0.25, 0.3) is 5.69 Å². The van der Waals surface area contributed by atoms with Crippen molar-refractivity contribution in [2.75, 3.05) is 5.75 Å². The van der Waals surface area contributed by atoms with Crippen molar-refractivity contribution in [1.82, 2.24) is 4.98 Å². The largest absolute Gasteiger partial charge is 0.287 e. The number of rotatable bonds is 4. The Morgan fingerprint density at radius 2 is 2.40 bits per heavy atom. The van der Waals surface area contributed by atoms with Gasteiger partial charge in [-0.25, -0.2) is 4.98 Å². The zero-order chi connectivity index (χ0) is 11.3. The third-order valence-corrected chi connectivity index (χ3v) is 2.14. The van der Waals surface area contributed by atoms with Crippen molar-refractivity contribution in [3.63, 3.8) is 0 Å². The molecular formula is C10H12N2O2S. The second-order valence-electron chi connectivity index (χ2n) is 3.07. The molecule has 15 heavy (non-hydrogen) atoms. The summed E-state index contributed by atoms with van der Waals surface area (Å²) in [6, 6.07) is 1.52. The molecule has 5 heteroatoms. The van der Waals surface area contributed by atoms with Crippen molar-refractivity contribution in [3.8, 4) is 0 Å². The van der Waals surface area contributed by atoms with Crippen molar-refractivity contribution in [1.29, 1.82) is 0 Å². The zero-order valence-electron chi connectivity index (χ0n) is 8.38. The number of thiol groups is 1. The molecule has 1 rings (SSSR count). The molecule has 0 saturated carbocycles. The maximum Gasteiger partial charge on any atom is 0.287 e. The smallest absolute Gasteiger partial charge is 0.258 e. The van der Waals surface area contributed by atoms with E-state index in [1.54, 1.807) is 6.92 Å². The fourth-order valence-corrected chi connectivity index (χ4v) is 1.26.